The molecule has 1 atom stereocenters. The predicted octanol–water partition coefficient (Wildman–Crippen LogP) is 4.91. The average Bonchev–Trinajstić information content (AvgIpc) is 3.47. The quantitative estimate of drug-likeness (QED) is 0.196. The van der Waals surface area contributed by atoms with Crippen LogP contribution in [0, 0.1) is 11.7 Å². The van der Waals surface area contributed by atoms with Crippen molar-refractivity contribution in [2.45, 2.75) is 83.1 Å². The normalized spacial score (nSPS) is 14.6. The van der Waals surface area contributed by atoms with Crippen molar-refractivity contribution in [3.05, 3.63) is 82.6 Å². The van der Waals surface area contributed by atoms with E-state index in [1.54, 1.807) is 0 Å². The van der Waals surface area contributed by atoms with Crippen molar-refractivity contribution in [1.82, 2.24) is 29.9 Å². The Kier molecular flexibility index (Phi) is 11.0. The van der Waals surface area contributed by atoms with Crippen LogP contribution >= 0.6 is 0 Å². The molecule has 3 aromatic rings. The SMILES string of the molecule is C=CCC(F)(F)c1ccc(CNC(=O)c2cn(CC(F)CCn3ccc(NC(=O)CC4CCCCC4)c(F)c3=O)nn2)nc1. The maximum atomic E-state index is 14.7. The number of anilines is 1. The van der Waals surface area contributed by atoms with Gasteiger partial charge in [0.05, 0.1) is 30.7 Å². The molecule has 10 nitrogen and oxygen atoms in total. The third-order valence-corrected chi connectivity index (χ3v) is 7.50. The molecule has 2 N–H and O–H groups in total. The van der Waals surface area contributed by atoms with E-state index in [0.717, 1.165) is 53.6 Å². The van der Waals surface area contributed by atoms with Gasteiger partial charge in [0.1, 0.15) is 6.17 Å². The molecule has 1 aliphatic rings. The van der Waals surface area contributed by atoms with Gasteiger partial charge < -0.3 is 15.2 Å². The second-order valence-corrected chi connectivity index (χ2v) is 10.9. The van der Waals surface area contributed by atoms with Gasteiger partial charge in [0.25, 0.3) is 17.4 Å². The van der Waals surface area contributed by atoms with Crippen LogP contribution in [0.5, 0.6) is 0 Å². The summed E-state index contributed by atoms with van der Waals surface area (Å²) in [4.78, 5) is 41.2. The molecule has 2 amide bonds. The summed E-state index contributed by atoms with van der Waals surface area (Å²) in [6.45, 7) is 2.87. The molecular formula is C30H35F4N7O3. The van der Waals surface area contributed by atoms with Crippen LogP contribution in [0.25, 0.3) is 0 Å². The summed E-state index contributed by atoms with van der Waals surface area (Å²) in [5.74, 6) is -4.90. The second-order valence-electron chi connectivity index (χ2n) is 10.9. The third-order valence-electron chi connectivity index (χ3n) is 7.50. The summed E-state index contributed by atoms with van der Waals surface area (Å²) in [7, 11) is 0. The highest BCUT2D eigenvalue weighted by atomic mass is 19.3. The maximum absolute atomic E-state index is 14.7. The van der Waals surface area contributed by atoms with Gasteiger partial charge >= 0.3 is 0 Å². The van der Waals surface area contributed by atoms with E-state index in [9.17, 15) is 31.9 Å². The topological polar surface area (TPSA) is 124 Å². The van der Waals surface area contributed by atoms with Crippen LogP contribution in [0.15, 0.2) is 54.2 Å². The molecule has 0 aliphatic heterocycles. The summed E-state index contributed by atoms with van der Waals surface area (Å²) < 4.78 is 59.4. The van der Waals surface area contributed by atoms with Crippen LogP contribution < -0.4 is 16.2 Å². The van der Waals surface area contributed by atoms with Crippen LogP contribution in [0.1, 0.15) is 73.1 Å². The summed E-state index contributed by atoms with van der Waals surface area (Å²) in [5, 5.41) is 12.5. The minimum absolute atomic E-state index is 0.0565. The first kappa shape index (κ1) is 32.6. The van der Waals surface area contributed by atoms with E-state index in [4.69, 9.17) is 0 Å². The number of nitrogens with zero attached hydrogens (tertiary/aromatic N) is 5. The smallest absolute Gasteiger partial charge is 0.288 e. The lowest BCUT2D eigenvalue weighted by Gasteiger charge is -2.20. The molecule has 1 fully saturated rings. The van der Waals surface area contributed by atoms with Gasteiger partial charge in [-0.2, -0.15) is 4.39 Å². The minimum atomic E-state index is -3.09. The number of halogens is 4. The Balaban J connectivity index is 1.23. The minimum Gasteiger partial charge on any atom is -0.345 e. The van der Waals surface area contributed by atoms with Crippen LogP contribution in [-0.2, 0) is 30.4 Å². The Hall–Kier alpha value is -4.36. The van der Waals surface area contributed by atoms with Crippen molar-refractivity contribution in [2.24, 2.45) is 5.92 Å². The zero-order valence-electron chi connectivity index (χ0n) is 24.2. The number of hydrogen-bond acceptors (Lipinski definition) is 6. The molecular weight excluding hydrogens is 582 g/mol. The maximum Gasteiger partial charge on any atom is 0.288 e. The zero-order chi connectivity index (χ0) is 31.7. The first-order valence-corrected chi connectivity index (χ1v) is 14.5. The van der Waals surface area contributed by atoms with Crippen molar-refractivity contribution in [1.29, 1.82) is 0 Å². The van der Waals surface area contributed by atoms with E-state index in [2.05, 4.69) is 32.5 Å². The molecule has 0 saturated heterocycles. The number of amides is 2. The van der Waals surface area contributed by atoms with Crippen molar-refractivity contribution < 1.29 is 27.2 Å². The average molecular weight is 618 g/mol. The highest BCUT2D eigenvalue weighted by molar-refractivity contribution is 5.92. The van der Waals surface area contributed by atoms with Crippen molar-refractivity contribution in [3.63, 3.8) is 0 Å². The van der Waals surface area contributed by atoms with E-state index >= 15 is 0 Å². The fourth-order valence-corrected chi connectivity index (χ4v) is 5.05. The van der Waals surface area contributed by atoms with Crippen LogP contribution in [0.2, 0.25) is 0 Å². The molecule has 3 aromatic heterocycles. The molecule has 3 heterocycles. The molecule has 4 rings (SSSR count). The fraction of sp³-hybridized carbons (Fsp3) is 0.467. The van der Waals surface area contributed by atoms with Crippen LogP contribution in [0.3, 0.4) is 0 Å². The Morgan fingerprint density at radius 2 is 1.95 bits per heavy atom. The van der Waals surface area contributed by atoms with E-state index in [1.165, 1.54) is 30.6 Å². The number of nitrogens with one attached hydrogen (secondary N) is 2. The van der Waals surface area contributed by atoms with Crippen LogP contribution in [-0.4, -0.2) is 42.5 Å². The highest BCUT2D eigenvalue weighted by Gasteiger charge is 2.30. The number of aryl methyl sites for hydroxylation is 1. The van der Waals surface area contributed by atoms with Gasteiger partial charge in [-0.3, -0.25) is 19.4 Å². The van der Waals surface area contributed by atoms with E-state index in [0.29, 0.717) is 5.69 Å². The Labute approximate surface area is 251 Å². The monoisotopic (exact) mass is 617 g/mol. The zero-order valence-corrected chi connectivity index (χ0v) is 24.2. The lowest BCUT2D eigenvalue weighted by Crippen LogP contribution is -2.27. The molecule has 0 aromatic carbocycles. The molecule has 0 bridgehead atoms. The molecule has 1 unspecified atom stereocenters. The number of carbonyl (C=O) groups is 2. The summed E-state index contributed by atoms with van der Waals surface area (Å²) in [5.41, 5.74) is -1.19. The van der Waals surface area contributed by atoms with E-state index in [-0.39, 0.29) is 61.2 Å². The number of alkyl halides is 3. The van der Waals surface area contributed by atoms with E-state index in [1.807, 2.05) is 0 Å². The van der Waals surface area contributed by atoms with Crippen LogP contribution in [0.4, 0.5) is 23.2 Å². The van der Waals surface area contributed by atoms with E-state index < -0.39 is 35.8 Å². The summed E-state index contributed by atoms with van der Waals surface area (Å²) in [6.07, 6.45) is 8.04. The first-order chi connectivity index (χ1) is 21.1. The van der Waals surface area contributed by atoms with Gasteiger partial charge in [-0.25, -0.2) is 17.9 Å². The molecule has 0 radical (unpaired) electrons. The van der Waals surface area contributed by atoms with Crippen molar-refractivity contribution in [2.75, 3.05) is 5.32 Å². The molecule has 0 spiro atoms. The number of aromatic nitrogens is 5. The molecule has 1 saturated carbocycles. The fourth-order valence-electron chi connectivity index (χ4n) is 5.05. The number of hydrogen-bond donors (Lipinski definition) is 2. The number of rotatable bonds is 14. The molecule has 236 valence electrons. The third kappa shape index (κ3) is 8.83. The lowest BCUT2D eigenvalue weighted by molar-refractivity contribution is -0.117. The molecule has 44 heavy (non-hydrogen) atoms. The van der Waals surface area contributed by atoms with Gasteiger partial charge in [-0.1, -0.05) is 30.6 Å². The predicted molar refractivity (Wildman–Crippen MR) is 154 cm³/mol. The highest BCUT2D eigenvalue weighted by Crippen LogP contribution is 2.31. The Morgan fingerprint density at radius 1 is 1.18 bits per heavy atom. The van der Waals surface area contributed by atoms with Gasteiger partial charge in [-0.15, -0.1) is 11.7 Å². The van der Waals surface area contributed by atoms with Gasteiger partial charge in [0.2, 0.25) is 11.7 Å². The second kappa shape index (κ2) is 14.9. The summed E-state index contributed by atoms with van der Waals surface area (Å²) >= 11 is 0. The van der Waals surface area contributed by atoms with Gasteiger partial charge in [0, 0.05) is 37.3 Å². The standard InChI is InChI=1S/C30H35F4N7O3/c1-2-12-30(33,34)21-8-9-23(35-16-21)17-36-28(43)25-19-41(39-38-25)18-22(31)10-13-40-14-11-24(27(32)29(40)44)37-26(42)15-20-6-4-3-5-7-20/h2,8-9,11,14,16,19-20,22H,1,3-7,10,12-13,15,17-18H2,(H,36,43)(H,37,42). The van der Waals surface area contributed by atoms with Gasteiger partial charge in [-0.05, 0) is 43.4 Å². The Morgan fingerprint density at radius 3 is 2.66 bits per heavy atom. The first-order valence-electron chi connectivity index (χ1n) is 14.5. The van der Waals surface area contributed by atoms with Gasteiger partial charge in [0.15, 0.2) is 5.69 Å². The summed E-state index contributed by atoms with van der Waals surface area (Å²) in [6, 6.07) is 3.88. The molecule has 14 heteroatoms. The number of carbonyl (C=O) groups excluding carboxylic acids is 2. The number of allylic oxidation sites excluding steroid dienone is 1. The largest absolute Gasteiger partial charge is 0.345 e. The lowest BCUT2D eigenvalue weighted by atomic mass is 9.87. The Bertz CT molecular complexity index is 1500. The van der Waals surface area contributed by atoms with Crippen molar-refractivity contribution in [3.8, 4) is 0 Å². The molecule has 1 aliphatic carbocycles. The van der Waals surface area contributed by atoms with Crippen molar-refractivity contribution >= 4 is 17.5 Å². The number of pyridine rings is 2.